The molecule has 4 unspecified atom stereocenters. The number of unbranched alkanes of at least 4 members (excludes halogenated alkanes) is 27. The van der Waals surface area contributed by atoms with Crippen molar-refractivity contribution in [3.05, 3.63) is 36.5 Å². The minimum atomic E-state index is -4.41. The maximum Gasteiger partial charge on any atom is 0.472 e. The lowest BCUT2D eigenvalue weighted by Crippen LogP contribution is -2.46. The van der Waals surface area contributed by atoms with Crippen molar-refractivity contribution in [3.8, 4) is 0 Å². The molecule has 6 N–H and O–H groups in total. The van der Waals surface area contributed by atoms with Crippen LogP contribution in [0.15, 0.2) is 36.5 Å². The lowest BCUT2D eigenvalue weighted by atomic mass is 10.0. The number of carbonyl (C=O) groups is 1. The quantitative estimate of drug-likeness (QED) is 0.0231. The molecule has 0 heterocycles. The van der Waals surface area contributed by atoms with E-state index in [0.29, 0.717) is 12.8 Å². The van der Waals surface area contributed by atoms with Crippen molar-refractivity contribution in [2.75, 3.05) is 19.8 Å². The molecule has 0 aromatic heterocycles. The second-order valence-corrected chi connectivity index (χ2v) is 18.0. The number of phosphoric acid groups is 1. The summed E-state index contributed by atoms with van der Waals surface area (Å²) in [5, 5.41) is 24.1. The summed E-state index contributed by atoms with van der Waals surface area (Å²) in [5.41, 5.74) is 5.37. The highest BCUT2D eigenvalue weighted by Gasteiger charge is 2.27. The summed E-state index contributed by atoms with van der Waals surface area (Å²) in [4.78, 5) is 22.8. The standard InChI is InChI=1S/C48H93N2O7P/c1-3-5-7-9-11-13-15-17-19-20-21-22-23-24-26-28-30-32-34-36-38-40-47(52)46(44-57-58(54,55)56-42-41-49)50-48(53)43-45(51)39-37-35-33-31-29-27-25-18-16-14-12-10-8-6-4-2/h18,25,30,32,38,40,45-47,51-52H,3-17,19-24,26-29,31,33-37,39,41-44,49H2,1-2H3,(H,50,53)(H,54,55)/b25-18-,32-30+,40-38+. The molecule has 0 aliphatic heterocycles. The van der Waals surface area contributed by atoms with Crippen molar-refractivity contribution in [2.24, 2.45) is 5.73 Å². The number of aliphatic hydroxyl groups excluding tert-OH is 2. The SMILES string of the molecule is CCCCCCCC/C=C\CCCCCCCC(O)CC(=O)NC(COP(=O)(O)OCCN)C(O)/C=C/CC/C=C/CCCCCCCCCCCCCCCCC. The fourth-order valence-corrected chi connectivity index (χ4v) is 7.83. The predicted molar refractivity (Wildman–Crippen MR) is 246 cm³/mol. The van der Waals surface area contributed by atoms with Crippen LogP contribution in [0.2, 0.25) is 0 Å². The summed E-state index contributed by atoms with van der Waals surface area (Å²) in [7, 11) is -4.41. The molecule has 1 amide bonds. The molecule has 58 heavy (non-hydrogen) atoms. The van der Waals surface area contributed by atoms with E-state index in [4.69, 9.17) is 14.8 Å². The van der Waals surface area contributed by atoms with Gasteiger partial charge in [0.15, 0.2) is 0 Å². The van der Waals surface area contributed by atoms with E-state index in [1.165, 1.54) is 148 Å². The second kappa shape index (κ2) is 43.8. The van der Waals surface area contributed by atoms with Crippen LogP contribution in [0.1, 0.15) is 226 Å². The summed E-state index contributed by atoms with van der Waals surface area (Å²) in [5.74, 6) is -0.460. The Morgan fingerprint density at radius 2 is 0.983 bits per heavy atom. The first kappa shape index (κ1) is 56.7. The van der Waals surface area contributed by atoms with Crippen LogP contribution in [0.25, 0.3) is 0 Å². The monoisotopic (exact) mass is 841 g/mol. The molecule has 9 nitrogen and oxygen atoms in total. The number of nitrogens with one attached hydrogen (secondary N) is 1. The molecule has 342 valence electrons. The Kier molecular flexibility index (Phi) is 42.8. The summed E-state index contributed by atoms with van der Waals surface area (Å²) < 4.78 is 22.1. The largest absolute Gasteiger partial charge is 0.472 e. The third-order valence-electron chi connectivity index (χ3n) is 10.7. The van der Waals surface area contributed by atoms with Gasteiger partial charge in [-0.3, -0.25) is 13.8 Å². The van der Waals surface area contributed by atoms with E-state index in [0.717, 1.165) is 44.9 Å². The molecule has 0 aromatic carbocycles. The average molecular weight is 841 g/mol. The number of allylic oxidation sites excluding steroid dienone is 5. The molecule has 4 atom stereocenters. The molecule has 0 spiro atoms. The van der Waals surface area contributed by atoms with E-state index in [9.17, 15) is 24.5 Å². The molecular weight excluding hydrogens is 748 g/mol. The lowest BCUT2D eigenvalue weighted by Gasteiger charge is -2.24. The fourth-order valence-electron chi connectivity index (χ4n) is 7.07. The van der Waals surface area contributed by atoms with E-state index in [-0.39, 0.29) is 19.6 Å². The molecule has 0 aliphatic carbocycles. The number of nitrogens with two attached hydrogens (primary N) is 1. The fraction of sp³-hybridized carbons (Fsp3) is 0.854. The summed E-state index contributed by atoms with van der Waals surface area (Å²) in [6.07, 6.45) is 49.5. The highest BCUT2D eigenvalue weighted by atomic mass is 31.2. The molecule has 0 bridgehead atoms. The van der Waals surface area contributed by atoms with E-state index in [1.807, 2.05) is 6.08 Å². The lowest BCUT2D eigenvalue weighted by molar-refractivity contribution is -0.124. The van der Waals surface area contributed by atoms with Crippen LogP contribution < -0.4 is 11.1 Å². The van der Waals surface area contributed by atoms with Gasteiger partial charge in [-0.25, -0.2) is 4.57 Å². The van der Waals surface area contributed by atoms with Crippen molar-refractivity contribution in [3.63, 3.8) is 0 Å². The van der Waals surface area contributed by atoms with E-state index in [2.05, 4.69) is 43.5 Å². The van der Waals surface area contributed by atoms with Crippen LogP contribution >= 0.6 is 7.82 Å². The van der Waals surface area contributed by atoms with E-state index in [1.54, 1.807) is 6.08 Å². The smallest absolute Gasteiger partial charge is 0.393 e. The van der Waals surface area contributed by atoms with E-state index >= 15 is 0 Å². The first-order valence-corrected chi connectivity index (χ1v) is 25.7. The van der Waals surface area contributed by atoms with Crippen molar-refractivity contribution in [1.82, 2.24) is 5.32 Å². The zero-order valence-corrected chi connectivity index (χ0v) is 38.5. The molecule has 0 saturated carbocycles. The van der Waals surface area contributed by atoms with Crippen molar-refractivity contribution >= 4 is 13.7 Å². The van der Waals surface area contributed by atoms with Gasteiger partial charge in [-0.15, -0.1) is 0 Å². The molecule has 0 aliphatic rings. The van der Waals surface area contributed by atoms with Crippen LogP contribution in [0.5, 0.6) is 0 Å². The van der Waals surface area contributed by atoms with Gasteiger partial charge in [0.05, 0.1) is 37.9 Å². The van der Waals surface area contributed by atoms with Crippen molar-refractivity contribution in [1.29, 1.82) is 0 Å². The molecule has 0 fully saturated rings. The van der Waals surface area contributed by atoms with Gasteiger partial charge in [0.25, 0.3) is 0 Å². The number of phosphoric ester groups is 1. The number of rotatable bonds is 45. The van der Waals surface area contributed by atoms with Crippen molar-refractivity contribution < 1.29 is 33.5 Å². The summed E-state index contributed by atoms with van der Waals surface area (Å²) in [6.45, 7) is 3.96. The topological polar surface area (TPSA) is 151 Å². The molecule has 0 aromatic rings. The van der Waals surface area contributed by atoms with Crippen LogP contribution in [0, 0.1) is 0 Å². The third-order valence-corrected chi connectivity index (χ3v) is 11.7. The summed E-state index contributed by atoms with van der Waals surface area (Å²) in [6, 6.07) is -1.00. The van der Waals surface area contributed by atoms with Crippen LogP contribution in [-0.4, -0.2) is 59.0 Å². The zero-order valence-electron chi connectivity index (χ0n) is 37.7. The first-order chi connectivity index (χ1) is 28.3. The average Bonchev–Trinajstić information content (AvgIpc) is 3.20. The first-order valence-electron chi connectivity index (χ1n) is 24.2. The number of carbonyl (C=O) groups excluding carboxylic acids is 1. The Labute approximate surface area is 357 Å². The van der Waals surface area contributed by atoms with Crippen molar-refractivity contribution in [2.45, 2.75) is 244 Å². The maximum absolute atomic E-state index is 12.8. The minimum absolute atomic E-state index is 0.0436. The number of aliphatic hydroxyl groups is 2. The number of amides is 1. The van der Waals surface area contributed by atoms with Gasteiger partial charge in [0.1, 0.15) is 0 Å². The van der Waals surface area contributed by atoms with Gasteiger partial charge in [-0.2, -0.15) is 0 Å². The van der Waals surface area contributed by atoms with Gasteiger partial charge in [0.2, 0.25) is 5.91 Å². The van der Waals surface area contributed by atoms with Gasteiger partial charge in [-0.05, 0) is 57.8 Å². The second-order valence-electron chi connectivity index (χ2n) is 16.5. The van der Waals surface area contributed by atoms with Gasteiger partial charge in [0, 0.05) is 6.54 Å². The van der Waals surface area contributed by atoms with Crippen LogP contribution in [-0.2, 0) is 18.4 Å². The molecule has 0 rings (SSSR count). The highest BCUT2D eigenvalue weighted by molar-refractivity contribution is 7.47. The zero-order chi connectivity index (χ0) is 42.6. The van der Waals surface area contributed by atoms with Gasteiger partial charge >= 0.3 is 7.82 Å². The normalized spacial score (nSPS) is 14.8. The number of hydrogen-bond acceptors (Lipinski definition) is 7. The van der Waals surface area contributed by atoms with Crippen LogP contribution in [0.3, 0.4) is 0 Å². The molecule has 10 heteroatoms. The highest BCUT2D eigenvalue weighted by Crippen LogP contribution is 2.43. The Bertz CT molecular complexity index is 1020. The number of hydrogen-bond donors (Lipinski definition) is 5. The Hall–Kier alpha value is -1.32. The predicted octanol–water partition coefficient (Wildman–Crippen LogP) is 12.9. The third kappa shape index (κ3) is 41.4. The van der Waals surface area contributed by atoms with Gasteiger partial charge < -0.3 is 26.2 Å². The Morgan fingerprint density at radius 1 is 0.586 bits per heavy atom. The maximum atomic E-state index is 12.8. The Balaban J connectivity index is 4.30. The van der Waals surface area contributed by atoms with Gasteiger partial charge in [-0.1, -0.05) is 198 Å². The molecule has 0 radical (unpaired) electrons. The Morgan fingerprint density at radius 3 is 1.43 bits per heavy atom. The van der Waals surface area contributed by atoms with E-state index < -0.39 is 38.6 Å². The minimum Gasteiger partial charge on any atom is -0.393 e. The summed E-state index contributed by atoms with van der Waals surface area (Å²) >= 11 is 0. The molecule has 0 saturated heterocycles. The van der Waals surface area contributed by atoms with Crippen LogP contribution in [0.4, 0.5) is 0 Å². The molecular formula is C48H93N2O7P.